The molecule has 0 saturated heterocycles. The van der Waals surface area contributed by atoms with Crippen molar-refractivity contribution in [2.75, 3.05) is 20.3 Å². The molecule has 0 fully saturated rings. The van der Waals surface area contributed by atoms with Gasteiger partial charge in [0.2, 0.25) is 0 Å². The third-order valence-corrected chi connectivity index (χ3v) is 1.74. The molecule has 1 rings (SSSR count). The van der Waals surface area contributed by atoms with Crippen molar-refractivity contribution in [3.8, 4) is 0 Å². The van der Waals surface area contributed by atoms with E-state index in [0.717, 1.165) is 5.56 Å². The highest BCUT2D eigenvalue weighted by atomic mass is 16.5. The van der Waals surface area contributed by atoms with E-state index < -0.39 is 0 Å². The lowest BCUT2D eigenvalue weighted by molar-refractivity contribution is 0.208. The molecule has 14 heavy (non-hydrogen) atoms. The lowest BCUT2D eigenvalue weighted by atomic mass is 10.2. The van der Waals surface area contributed by atoms with Crippen LogP contribution in [0.4, 0.5) is 0 Å². The molecule has 1 aromatic rings. The topological polar surface area (TPSA) is 60.5 Å². The first-order valence-corrected chi connectivity index (χ1v) is 4.49. The monoisotopic (exact) mass is 193 g/mol. The van der Waals surface area contributed by atoms with E-state index in [4.69, 9.17) is 10.5 Å². The summed E-state index contributed by atoms with van der Waals surface area (Å²) in [5, 5.41) is 0. The van der Waals surface area contributed by atoms with Crippen LogP contribution in [0, 0.1) is 0 Å². The summed E-state index contributed by atoms with van der Waals surface area (Å²) < 4.78 is 4.87. The van der Waals surface area contributed by atoms with Gasteiger partial charge in [0.25, 0.3) is 0 Å². The van der Waals surface area contributed by atoms with Crippen molar-refractivity contribution in [3.63, 3.8) is 0 Å². The molecule has 0 unspecified atom stereocenters. The van der Waals surface area contributed by atoms with E-state index >= 15 is 0 Å². The zero-order valence-electron chi connectivity index (χ0n) is 8.31. The summed E-state index contributed by atoms with van der Waals surface area (Å²) >= 11 is 0. The van der Waals surface area contributed by atoms with E-state index in [2.05, 4.69) is 9.98 Å². The van der Waals surface area contributed by atoms with Gasteiger partial charge in [0.05, 0.1) is 19.0 Å². The van der Waals surface area contributed by atoms with Crippen LogP contribution in [-0.4, -0.2) is 31.1 Å². The van der Waals surface area contributed by atoms with E-state index in [1.807, 2.05) is 12.1 Å². The minimum absolute atomic E-state index is 0.608. The minimum Gasteiger partial charge on any atom is -0.387 e. The Kier molecular flexibility index (Phi) is 4.64. The number of ether oxygens (including phenoxy) is 1. The number of amidine groups is 1. The lowest BCUT2D eigenvalue weighted by Crippen LogP contribution is -2.16. The van der Waals surface area contributed by atoms with Crippen LogP contribution in [0.2, 0.25) is 0 Å². The zero-order chi connectivity index (χ0) is 10.2. The number of aliphatic imine (C=N–C) groups is 1. The molecule has 0 bridgehead atoms. The predicted octanol–water partition coefficient (Wildman–Crippen LogP) is 0.628. The number of nitrogens with two attached hydrogens (primary N) is 1. The second-order valence-electron chi connectivity index (χ2n) is 2.90. The first-order valence-electron chi connectivity index (χ1n) is 4.49. The molecule has 0 radical (unpaired) electrons. The lowest BCUT2D eigenvalue weighted by Gasteiger charge is -2.00. The quantitative estimate of drug-likeness (QED) is 0.424. The Morgan fingerprint density at radius 1 is 1.50 bits per heavy atom. The highest BCUT2D eigenvalue weighted by molar-refractivity contribution is 5.82. The van der Waals surface area contributed by atoms with Gasteiger partial charge in [0.1, 0.15) is 0 Å². The summed E-state index contributed by atoms with van der Waals surface area (Å²) in [4.78, 5) is 8.09. The van der Waals surface area contributed by atoms with Gasteiger partial charge in [0.15, 0.2) is 0 Å². The van der Waals surface area contributed by atoms with Crippen molar-refractivity contribution in [2.45, 2.75) is 6.42 Å². The number of pyridine rings is 1. The van der Waals surface area contributed by atoms with E-state index in [9.17, 15) is 0 Å². The van der Waals surface area contributed by atoms with Crippen LogP contribution >= 0.6 is 0 Å². The van der Waals surface area contributed by atoms with E-state index in [1.54, 1.807) is 19.5 Å². The average Bonchev–Trinajstić information content (AvgIpc) is 2.20. The summed E-state index contributed by atoms with van der Waals surface area (Å²) in [5.41, 5.74) is 6.84. The van der Waals surface area contributed by atoms with Crippen molar-refractivity contribution in [1.29, 1.82) is 0 Å². The molecular weight excluding hydrogens is 178 g/mol. The Morgan fingerprint density at radius 2 is 2.21 bits per heavy atom. The Hall–Kier alpha value is -1.42. The third kappa shape index (κ3) is 4.00. The Balaban J connectivity index is 2.40. The predicted molar refractivity (Wildman–Crippen MR) is 56.3 cm³/mol. The fraction of sp³-hybridized carbons (Fsp3) is 0.400. The smallest absolute Gasteiger partial charge is 0.0982 e. The van der Waals surface area contributed by atoms with Gasteiger partial charge in [-0.15, -0.1) is 0 Å². The summed E-state index contributed by atoms with van der Waals surface area (Å²) in [7, 11) is 1.65. The maximum absolute atomic E-state index is 5.72. The average molecular weight is 193 g/mol. The van der Waals surface area contributed by atoms with Crippen molar-refractivity contribution in [2.24, 2.45) is 10.7 Å². The summed E-state index contributed by atoms with van der Waals surface area (Å²) in [5.74, 6) is 0.633. The van der Waals surface area contributed by atoms with Crippen LogP contribution in [-0.2, 0) is 11.2 Å². The second kappa shape index (κ2) is 6.10. The molecule has 0 aliphatic rings. The Labute approximate surface area is 83.8 Å². The largest absolute Gasteiger partial charge is 0.387 e. The van der Waals surface area contributed by atoms with Crippen molar-refractivity contribution < 1.29 is 4.74 Å². The van der Waals surface area contributed by atoms with Crippen LogP contribution in [0.1, 0.15) is 5.56 Å². The van der Waals surface area contributed by atoms with Gasteiger partial charge in [-0.2, -0.15) is 0 Å². The van der Waals surface area contributed by atoms with E-state index in [0.29, 0.717) is 25.4 Å². The Bertz CT molecular complexity index is 285. The Morgan fingerprint density at radius 3 is 2.86 bits per heavy atom. The molecule has 0 aromatic carbocycles. The summed E-state index contributed by atoms with van der Waals surface area (Å²) in [6.45, 7) is 1.23. The third-order valence-electron chi connectivity index (χ3n) is 1.74. The highest BCUT2D eigenvalue weighted by Crippen LogP contribution is 1.97. The fourth-order valence-corrected chi connectivity index (χ4v) is 1.05. The van der Waals surface area contributed by atoms with Crippen LogP contribution in [0.25, 0.3) is 0 Å². The fourth-order valence-electron chi connectivity index (χ4n) is 1.05. The maximum Gasteiger partial charge on any atom is 0.0982 e. The normalized spacial score (nSPS) is 11.6. The van der Waals surface area contributed by atoms with Gasteiger partial charge < -0.3 is 10.5 Å². The van der Waals surface area contributed by atoms with Crippen LogP contribution in [0.5, 0.6) is 0 Å². The van der Waals surface area contributed by atoms with E-state index in [-0.39, 0.29) is 0 Å². The molecule has 0 spiro atoms. The SMILES string of the molecule is COCCN=C(N)Cc1ccncc1. The first-order chi connectivity index (χ1) is 6.83. The highest BCUT2D eigenvalue weighted by Gasteiger charge is 1.95. The summed E-state index contributed by atoms with van der Waals surface area (Å²) in [6, 6.07) is 3.86. The number of nitrogens with zero attached hydrogens (tertiary/aromatic N) is 2. The van der Waals surface area contributed by atoms with Crippen molar-refractivity contribution in [1.82, 2.24) is 4.98 Å². The van der Waals surface area contributed by atoms with Crippen LogP contribution in [0.3, 0.4) is 0 Å². The first kappa shape index (κ1) is 10.7. The van der Waals surface area contributed by atoms with Crippen LogP contribution in [0.15, 0.2) is 29.5 Å². The molecular formula is C10H15N3O. The molecule has 4 nitrogen and oxygen atoms in total. The molecule has 0 amide bonds. The van der Waals surface area contributed by atoms with Gasteiger partial charge in [-0.3, -0.25) is 9.98 Å². The molecule has 1 aromatic heterocycles. The van der Waals surface area contributed by atoms with Gasteiger partial charge >= 0.3 is 0 Å². The molecule has 0 aliphatic carbocycles. The number of rotatable bonds is 5. The van der Waals surface area contributed by atoms with Gasteiger partial charge in [0, 0.05) is 25.9 Å². The van der Waals surface area contributed by atoms with Gasteiger partial charge in [-0.1, -0.05) is 0 Å². The molecule has 4 heteroatoms. The minimum atomic E-state index is 0.608. The molecule has 0 saturated carbocycles. The van der Waals surface area contributed by atoms with Crippen molar-refractivity contribution in [3.05, 3.63) is 30.1 Å². The number of aromatic nitrogens is 1. The second-order valence-corrected chi connectivity index (χ2v) is 2.90. The molecule has 2 N–H and O–H groups in total. The number of methoxy groups -OCH3 is 1. The standard InChI is InChI=1S/C10H15N3O/c1-14-7-6-13-10(11)8-9-2-4-12-5-3-9/h2-5H,6-8H2,1H3,(H2,11,13). The van der Waals surface area contributed by atoms with Crippen LogP contribution < -0.4 is 5.73 Å². The number of hydrogen-bond acceptors (Lipinski definition) is 3. The van der Waals surface area contributed by atoms with Crippen molar-refractivity contribution >= 4 is 5.84 Å². The molecule has 76 valence electrons. The van der Waals surface area contributed by atoms with Gasteiger partial charge in [-0.05, 0) is 17.7 Å². The summed E-state index contributed by atoms with van der Waals surface area (Å²) in [6.07, 6.45) is 4.17. The molecule has 0 atom stereocenters. The van der Waals surface area contributed by atoms with Gasteiger partial charge in [-0.25, -0.2) is 0 Å². The molecule has 0 aliphatic heterocycles. The zero-order valence-corrected chi connectivity index (χ0v) is 8.31. The number of hydrogen-bond donors (Lipinski definition) is 1. The molecule has 1 heterocycles. The maximum atomic E-state index is 5.72. The van der Waals surface area contributed by atoms with E-state index in [1.165, 1.54) is 0 Å².